The first kappa shape index (κ1) is 14.5. The Morgan fingerprint density at radius 1 is 1.16 bits per heavy atom. The molecule has 1 aromatic carbocycles. The Kier molecular flexibility index (Phi) is 5.00. The van der Waals surface area contributed by atoms with E-state index in [1.54, 1.807) is 7.11 Å². The van der Waals surface area contributed by atoms with E-state index in [2.05, 4.69) is 43.4 Å². The van der Waals surface area contributed by atoms with Crippen LogP contribution in [0.3, 0.4) is 0 Å². The Morgan fingerprint density at radius 2 is 1.79 bits per heavy atom. The van der Waals surface area contributed by atoms with E-state index in [0.717, 1.165) is 6.54 Å². The first-order valence-electron chi connectivity index (χ1n) is 7.40. The van der Waals surface area contributed by atoms with Crippen molar-refractivity contribution >= 4 is 0 Å². The van der Waals surface area contributed by atoms with Crippen LogP contribution in [0.25, 0.3) is 0 Å². The molecule has 0 bridgehead atoms. The molecule has 106 valence electrons. The van der Waals surface area contributed by atoms with Crippen LogP contribution in [0.4, 0.5) is 0 Å². The van der Waals surface area contributed by atoms with E-state index in [4.69, 9.17) is 4.74 Å². The van der Waals surface area contributed by atoms with Gasteiger partial charge in [-0.05, 0) is 42.2 Å². The van der Waals surface area contributed by atoms with E-state index in [-0.39, 0.29) is 0 Å². The average molecular weight is 261 g/mol. The van der Waals surface area contributed by atoms with E-state index in [0.29, 0.717) is 18.1 Å². The number of benzene rings is 1. The molecule has 1 N–H and O–H groups in total. The maximum Gasteiger partial charge on any atom is 0.0716 e. The van der Waals surface area contributed by atoms with Gasteiger partial charge in [0.15, 0.2) is 0 Å². The van der Waals surface area contributed by atoms with Gasteiger partial charge < -0.3 is 10.1 Å². The molecule has 0 heterocycles. The zero-order chi connectivity index (χ0) is 13.7. The van der Waals surface area contributed by atoms with Crippen LogP contribution < -0.4 is 5.32 Å². The monoisotopic (exact) mass is 261 g/mol. The van der Waals surface area contributed by atoms with Gasteiger partial charge in [-0.15, -0.1) is 0 Å². The second-order valence-electron chi connectivity index (χ2n) is 6.52. The van der Waals surface area contributed by atoms with Crippen LogP contribution in [0.1, 0.15) is 50.7 Å². The van der Waals surface area contributed by atoms with Crippen molar-refractivity contribution in [3.05, 3.63) is 35.4 Å². The third-order valence-electron chi connectivity index (χ3n) is 4.34. The van der Waals surface area contributed by atoms with E-state index in [1.165, 1.54) is 36.8 Å². The Labute approximate surface area is 117 Å². The van der Waals surface area contributed by atoms with Gasteiger partial charge in [0.1, 0.15) is 0 Å². The molecule has 0 unspecified atom stereocenters. The zero-order valence-corrected chi connectivity index (χ0v) is 12.5. The fourth-order valence-electron chi connectivity index (χ4n) is 2.88. The molecule has 1 aromatic rings. The SMILES string of the molecule is COCc1ccccc1CNC1CCC(C)(C)CC1. The molecule has 1 aliphatic carbocycles. The normalized spacial score (nSPS) is 19.5. The summed E-state index contributed by atoms with van der Waals surface area (Å²) in [4.78, 5) is 0. The third-order valence-corrected chi connectivity index (χ3v) is 4.34. The highest BCUT2D eigenvalue weighted by molar-refractivity contribution is 5.26. The summed E-state index contributed by atoms with van der Waals surface area (Å²) in [7, 11) is 1.76. The van der Waals surface area contributed by atoms with Gasteiger partial charge in [0, 0.05) is 19.7 Å². The molecule has 1 fully saturated rings. The van der Waals surface area contributed by atoms with Crippen LogP contribution >= 0.6 is 0 Å². The van der Waals surface area contributed by atoms with Crippen molar-refractivity contribution < 1.29 is 4.74 Å². The van der Waals surface area contributed by atoms with E-state index in [9.17, 15) is 0 Å². The number of ether oxygens (including phenoxy) is 1. The molecule has 0 spiro atoms. The van der Waals surface area contributed by atoms with Gasteiger partial charge in [0.25, 0.3) is 0 Å². The van der Waals surface area contributed by atoms with Gasteiger partial charge in [-0.2, -0.15) is 0 Å². The minimum Gasteiger partial charge on any atom is -0.380 e. The van der Waals surface area contributed by atoms with Crippen LogP contribution in [0, 0.1) is 5.41 Å². The highest BCUT2D eigenvalue weighted by Crippen LogP contribution is 2.35. The van der Waals surface area contributed by atoms with E-state index < -0.39 is 0 Å². The summed E-state index contributed by atoms with van der Waals surface area (Å²) in [6.07, 6.45) is 5.29. The van der Waals surface area contributed by atoms with Gasteiger partial charge in [-0.25, -0.2) is 0 Å². The molecule has 1 aliphatic rings. The summed E-state index contributed by atoms with van der Waals surface area (Å²) in [5.74, 6) is 0. The molecule has 0 saturated heterocycles. The molecule has 0 aliphatic heterocycles. The van der Waals surface area contributed by atoms with Crippen molar-refractivity contribution in [3.8, 4) is 0 Å². The second-order valence-corrected chi connectivity index (χ2v) is 6.52. The van der Waals surface area contributed by atoms with Gasteiger partial charge >= 0.3 is 0 Å². The molecule has 2 rings (SSSR count). The molecule has 19 heavy (non-hydrogen) atoms. The van der Waals surface area contributed by atoms with Crippen molar-refractivity contribution in [2.75, 3.05) is 7.11 Å². The van der Waals surface area contributed by atoms with Crippen LogP contribution in [0.5, 0.6) is 0 Å². The number of rotatable bonds is 5. The van der Waals surface area contributed by atoms with Crippen LogP contribution in [-0.2, 0) is 17.9 Å². The molecular weight excluding hydrogens is 234 g/mol. The summed E-state index contributed by atoms with van der Waals surface area (Å²) in [6, 6.07) is 9.24. The summed E-state index contributed by atoms with van der Waals surface area (Å²) in [6.45, 7) is 6.44. The fraction of sp³-hybridized carbons (Fsp3) is 0.647. The van der Waals surface area contributed by atoms with E-state index in [1.807, 2.05) is 0 Å². The molecule has 2 nitrogen and oxygen atoms in total. The van der Waals surface area contributed by atoms with Crippen LogP contribution in [-0.4, -0.2) is 13.2 Å². The van der Waals surface area contributed by atoms with Gasteiger partial charge in [0.2, 0.25) is 0 Å². The third kappa shape index (κ3) is 4.32. The van der Waals surface area contributed by atoms with Crippen molar-refractivity contribution in [1.29, 1.82) is 0 Å². The first-order chi connectivity index (χ1) is 9.11. The Balaban J connectivity index is 1.86. The van der Waals surface area contributed by atoms with Crippen molar-refractivity contribution in [3.63, 3.8) is 0 Å². The highest BCUT2D eigenvalue weighted by atomic mass is 16.5. The summed E-state index contributed by atoms with van der Waals surface area (Å²) in [5, 5.41) is 3.72. The lowest BCUT2D eigenvalue weighted by Gasteiger charge is -2.34. The van der Waals surface area contributed by atoms with Gasteiger partial charge in [0.05, 0.1) is 6.61 Å². The number of hydrogen-bond donors (Lipinski definition) is 1. The molecule has 2 heteroatoms. The molecule has 0 atom stereocenters. The standard InChI is InChI=1S/C17H27NO/c1-17(2)10-8-16(9-11-17)18-12-14-6-4-5-7-15(14)13-19-3/h4-7,16,18H,8-13H2,1-3H3. The predicted octanol–water partition coefficient (Wildman–Crippen LogP) is 3.89. The Hall–Kier alpha value is -0.860. The quantitative estimate of drug-likeness (QED) is 0.868. The molecule has 0 radical (unpaired) electrons. The largest absolute Gasteiger partial charge is 0.380 e. The van der Waals surface area contributed by atoms with Gasteiger partial charge in [-0.1, -0.05) is 38.1 Å². The summed E-state index contributed by atoms with van der Waals surface area (Å²) in [5.41, 5.74) is 3.22. The first-order valence-corrected chi connectivity index (χ1v) is 7.40. The molecule has 0 aromatic heterocycles. The van der Waals surface area contributed by atoms with Crippen LogP contribution in [0.2, 0.25) is 0 Å². The number of methoxy groups -OCH3 is 1. The second kappa shape index (κ2) is 6.53. The highest BCUT2D eigenvalue weighted by Gasteiger charge is 2.26. The number of nitrogens with one attached hydrogen (secondary N) is 1. The molecular formula is C17H27NO. The smallest absolute Gasteiger partial charge is 0.0716 e. The Bertz CT molecular complexity index is 390. The zero-order valence-electron chi connectivity index (χ0n) is 12.5. The van der Waals surface area contributed by atoms with Crippen molar-refractivity contribution in [1.82, 2.24) is 5.32 Å². The average Bonchev–Trinajstić information content (AvgIpc) is 2.39. The minimum absolute atomic E-state index is 0.548. The van der Waals surface area contributed by atoms with Crippen molar-refractivity contribution in [2.24, 2.45) is 5.41 Å². The van der Waals surface area contributed by atoms with Crippen LogP contribution in [0.15, 0.2) is 24.3 Å². The number of hydrogen-bond acceptors (Lipinski definition) is 2. The summed E-state index contributed by atoms with van der Waals surface area (Å²) >= 11 is 0. The fourth-order valence-corrected chi connectivity index (χ4v) is 2.88. The minimum atomic E-state index is 0.548. The lowest BCUT2D eigenvalue weighted by molar-refractivity contribution is 0.183. The maximum atomic E-state index is 5.26. The predicted molar refractivity (Wildman–Crippen MR) is 80.0 cm³/mol. The molecule has 1 saturated carbocycles. The van der Waals surface area contributed by atoms with Gasteiger partial charge in [-0.3, -0.25) is 0 Å². The maximum absolute atomic E-state index is 5.26. The van der Waals surface area contributed by atoms with Crippen molar-refractivity contribution in [2.45, 2.75) is 58.7 Å². The van der Waals surface area contributed by atoms with E-state index >= 15 is 0 Å². The topological polar surface area (TPSA) is 21.3 Å². The Morgan fingerprint density at radius 3 is 2.42 bits per heavy atom. The lowest BCUT2D eigenvalue weighted by Crippen LogP contribution is -2.35. The summed E-state index contributed by atoms with van der Waals surface area (Å²) < 4.78 is 5.26. The molecule has 0 amide bonds. The lowest BCUT2D eigenvalue weighted by atomic mass is 9.75.